The van der Waals surface area contributed by atoms with Gasteiger partial charge in [0.05, 0.1) is 5.71 Å². The third-order valence-corrected chi connectivity index (χ3v) is 6.10. The molecule has 0 bridgehead atoms. The molecule has 0 amide bonds. The van der Waals surface area contributed by atoms with Crippen LogP contribution in [-0.4, -0.2) is 17.6 Å². The number of oxime groups is 1. The summed E-state index contributed by atoms with van der Waals surface area (Å²) in [4.78, 5) is 5.10. The Hall–Kier alpha value is -1.73. The zero-order valence-corrected chi connectivity index (χ0v) is 17.7. The largest absolute Gasteiger partial charge is 0.435 e. The summed E-state index contributed by atoms with van der Waals surface area (Å²) in [5.74, 6) is 5.30. The summed E-state index contributed by atoms with van der Waals surface area (Å²) in [6, 6.07) is 3.79. The van der Waals surface area contributed by atoms with Crippen molar-refractivity contribution >= 4 is 34.6 Å². The molecule has 1 aromatic carbocycles. The van der Waals surface area contributed by atoms with Gasteiger partial charge in [-0.2, -0.15) is 18.3 Å². The summed E-state index contributed by atoms with van der Waals surface area (Å²) in [6.45, 7) is 5.98. The van der Waals surface area contributed by atoms with Gasteiger partial charge in [-0.1, -0.05) is 61.3 Å². The first kappa shape index (κ1) is 22.0. The second-order valence-corrected chi connectivity index (χ2v) is 8.73. The van der Waals surface area contributed by atoms with E-state index in [0.29, 0.717) is 0 Å². The lowest BCUT2D eigenvalue weighted by atomic mass is 9.71. The molecule has 1 aliphatic heterocycles. The van der Waals surface area contributed by atoms with Gasteiger partial charge in [-0.25, -0.2) is 0 Å². The monoisotopic (exact) mass is 447 g/mol. The maximum absolute atomic E-state index is 14.2. The van der Waals surface area contributed by atoms with Gasteiger partial charge in [0.15, 0.2) is 0 Å². The van der Waals surface area contributed by atoms with Crippen molar-refractivity contribution in [1.29, 1.82) is 0 Å². The molecule has 0 radical (unpaired) electrons. The van der Waals surface area contributed by atoms with E-state index in [1.165, 1.54) is 18.2 Å². The number of rotatable bonds is 3. The summed E-state index contributed by atoms with van der Waals surface area (Å²) in [5.41, 5.74) is -1.79. The maximum Gasteiger partial charge on any atom is 0.435 e. The second-order valence-electron chi connectivity index (χ2n) is 7.86. The van der Waals surface area contributed by atoms with Crippen LogP contribution in [0.2, 0.25) is 10.0 Å². The first-order valence-electron chi connectivity index (χ1n) is 9.24. The molecule has 2 aliphatic rings. The van der Waals surface area contributed by atoms with E-state index in [-0.39, 0.29) is 39.1 Å². The molecule has 1 aromatic rings. The number of allylic oxidation sites excluding steroid dienone is 2. The fourth-order valence-corrected chi connectivity index (χ4v) is 4.58. The van der Waals surface area contributed by atoms with Gasteiger partial charge in [-0.05, 0) is 24.1 Å². The number of hydrazone groups is 1. The van der Waals surface area contributed by atoms with Crippen molar-refractivity contribution in [3.8, 4) is 0 Å². The van der Waals surface area contributed by atoms with Crippen LogP contribution < -0.4 is 5.84 Å². The first-order chi connectivity index (χ1) is 13.5. The van der Waals surface area contributed by atoms with Crippen molar-refractivity contribution in [3.05, 3.63) is 46.0 Å². The number of halogens is 5. The van der Waals surface area contributed by atoms with Crippen molar-refractivity contribution in [1.82, 2.24) is 0 Å². The Kier molecular flexibility index (Phi) is 5.94. The molecule has 0 fully saturated rings. The van der Waals surface area contributed by atoms with Crippen LogP contribution in [-0.2, 0) is 10.4 Å². The number of benzene rings is 1. The topological polar surface area (TPSA) is 60.0 Å². The summed E-state index contributed by atoms with van der Waals surface area (Å²) in [5, 5.41) is 7.99. The molecule has 158 valence electrons. The molecular weight excluding hydrogens is 426 g/mol. The molecule has 4 unspecified atom stereocenters. The Morgan fingerprint density at radius 1 is 1.21 bits per heavy atom. The zero-order chi connectivity index (χ0) is 21.6. The van der Waals surface area contributed by atoms with Crippen LogP contribution in [0.1, 0.15) is 32.8 Å². The fraction of sp³-hybridized carbons (Fsp3) is 0.500. The van der Waals surface area contributed by atoms with Crippen LogP contribution in [0.15, 0.2) is 40.6 Å². The fourth-order valence-electron chi connectivity index (χ4n) is 4.05. The highest BCUT2D eigenvalue weighted by Gasteiger charge is 2.63. The summed E-state index contributed by atoms with van der Waals surface area (Å²) >= 11 is 11.9. The van der Waals surface area contributed by atoms with Crippen molar-refractivity contribution < 1.29 is 18.0 Å². The summed E-state index contributed by atoms with van der Waals surface area (Å²) < 4.78 is 42.5. The Morgan fingerprint density at radius 3 is 2.34 bits per heavy atom. The smallest absolute Gasteiger partial charge is 0.374 e. The summed E-state index contributed by atoms with van der Waals surface area (Å²) in [7, 11) is 0. The highest BCUT2D eigenvalue weighted by atomic mass is 35.5. The predicted octanol–water partition coefficient (Wildman–Crippen LogP) is 5.94. The second kappa shape index (κ2) is 7.84. The average molecular weight is 448 g/mol. The maximum atomic E-state index is 14.2. The number of alkyl halides is 3. The molecule has 0 saturated carbocycles. The van der Waals surface area contributed by atoms with Gasteiger partial charge in [0.1, 0.15) is 0 Å². The molecule has 3 rings (SSSR count). The molecule has 0 saturated heterocycles. The third kappa shape index (κ3) is 3.87. The van der Waals surface area contributed by atoms with E-state index >= 15 is 0 Å². The van der Waals surface area contributed by atoms with E-state index in [9.17, 15) is 13.2 Å². The van der Waals surface area contributed by atoms with Crippen LogP contribution in [0.3, 0.4) is 0 Å². The van der Waals surface area contributed by atoms with E-state index in [2.05, 4.69) is 10.3 Å². The standard InChI is InChI=1S/C20H22Cl2F3N3O/c1-10(2)15-4-5-16(11(3)18(15)27-26)17-9-19(29-28-17,20(23,24)25)12-6-13(21)8-14(22)7-12/h4-8,10-11,15-16H,9,26H2,1-3H3/b27-18+. The highest BCUT2D eigenvalue weighted by Crippen LogP contribution is 2.50. The quantitative estimate of drug-likeness (QED) is 0.354. The van der Waals surface area contributed by atoms with Gasteiger partial charge in [-0.15, -0.1) is 0 Å². The molecule has 0 aromatic heterocycles. The normalized spacial score (nSPS) is 31.3. The van der Waals surface area contributed by atoms with Crippen LogP contribution in [0, 0.1) is 23.7 Å². The van der Waals surface area contributed by atoms with E-state index < -0.39 is 24.1 Å². The lowest BCUT2D eigenvalue weighted by Crippen LogP contribution is -2.44. The van der Waals surface area contributed by atoms with Crippen LogP contribution in [0.5, 0.6) is 0 Å². The van der Waals surface area contributed by atoms with E-state index in [1.54, 1.807) is 0 Å². The Labute approximate surface area is 177 Å². The van der Waals surface area contributed by atoms with E-state index in [4.69, 9.17) is 33.9 Å². The minimum absolute atomic E-state index is 0.0354. The van der Waals surface area contributed by atoms with Crippen LogP contribution >= 0.6 is 23.2 Å². The van der Waals surface area contributed by atoms with Crippen molar-refractivity contribution in [2.24, 2.45) is 39.8 Å². The average Bonchev–Trinajstić information content (AvgIpc) is 3.06. The van der Waals surface area contributed by atoms with Crippen molar-refractivity contribution in [2.45, 2.75) is 39.0 Å². The van der Waals surface area contributed by atoms with Crippen LogP contribution in [0.4, 0.5) is 13.2 Å². The Morgan fingerprint density at radius 2 is 1.83 bits per heavy atom. The molecule has 1 heterocycles. The van der Waals surface area contributed by atoms with Gasteiger partial charge in [0.2, 0.25) is 0 Å². The third-order valence-electron chi connectivity index (χ3n) is 5.66. The van der Waals surface area contributed by atoms with E-state index in [1.807, 2.05) is 32.9 Å². The SMILES string of the molecule is CC(C)C1C=CC(C2=NOC(c3cc(Cl)cc(Cl)c3)(C(F)(F)F)C2)C(C)/C1=N\N. The Bertz CT molecular complexity index is 862. The van der Waals surface area contributed by atoms with Gasteiger partial charge in [-0.3, -0.25) is 0 Å². The summed E-state index contributed by atoms with van der Waals surface area (Å²) in [6.07, 6.45) is -1.37. The molecule has 29 heavy (non-hydrogen) atoms. The lowest BCUT2D eigenvalue weighted by Gasteiger charge is -2.33. The molecule has 0 spiro atoms. The molecule has 4 atom stereocenters. The minimum atomic E-state index is -4.72. The van der Waals surface area contributed by atoms with E-state index in [0.717, 1.165) is 5.71 Å². The van der Waals surface area contributed by atoms with Crippen molar-refractivity contribution in [3.63, 3.8) is 0 Å². The predicted molar refractivity (Wildman–Crippen MR) is 109 cm³/mol. The van der Waals surface area contributed by atoms with Crippen LogP contribution in [0.25, 0.3) is 0 Å². The molecule has 1 aliphatic carbocycles. The minimum Gasteiger partial charge on any atom is -0.374 e. The Balaban J connectivity index is 1.98. The van der Waals surface area contributed by atoms with Crippen molar-refractivity contribution in [2.75, 3.05) is 0 Å². The van der Waals surface area contributed by atoms with Gasteiger partial charge < -0.3 is 10.7 Å². The number of hydrogen-bond acceptors (Lipinski definition) is 4. The lowest BCUT2D eigenvalue weighted by molar-refractivity contribution is -0.275. The highest BCUT2D eigenvalue weighted by molar-refractivity contribution is 6.34. The molecule has 4 nitrogen and oxygen atoms in total. The molecule has 2 N–H and O–H groups in total. The zero-order valence-electron chi connectivity index (χ0n) is 16.2. The number of hydrogen-bond donors (Lipinski definition) is 1. The first-order valence-corrected chi connectivity index (χ1v) is 10.00. The number of nitrogens with zero attached hydrogens (tertiary/aromatic N) is 2. The van der Waals surface area contributed by atoms with Gasteiger partial charge in [0.25, 0.3) is 5.60 Å². The van der Waals surface area contributed by atoms with Gasteiger partial charge >= 0.3 is 6.18 Å². The number of nitrogens with two attached hydrogens (primary N) is 1. The van der Waals surface area contributed by atoms with Gasteiger partial charge in [0, 0.05) is 45.5 Å². The molecular formula is C20H22Cl2F3N3O. The molecule has 9 heteroatoms.